The molecular weight excluding hydrogens is 242 g/mol. The first-order chi connectivity index (χ1) is 8.82. The smallest absolute Gasteiger partial charge is 0.244 e. The second kappa shape index (κ2) is 6.33. The minimum atomic E-state index is -0.776. The molecule has 0 aliphatic carbocycles. The van der Waals surface area contributed by atoms with Crippen molar-refractivity contribution in [3.05, 3.63) is 35.4 Å². The van der Waals surface area contributed by atoms with Crippen molar-refractivity contribution in [1.82, 2.24) is 4.90 Å². The quantitative estimate of drug-likeness (QED) is 0.820. The van der Waals surface area contributed by atoms with Crippen LogP contribution < -0.4 is 11.5 Å². The van der Waals surface area contributed by atoms with Gasteiger partial charge < -0.3 is 16.4 Å². The molecule has 0 aliphatic rings. The fraction of sp³-hybridized carbons (Fsp3) is 0.429. The SMILES string of the molecule is Cc1ccc(C(N)C(=O)N(CC(N)=O)C(C)C)cc1. The summed E-state index contributed by atoms with van der Waals surface area (Å²) in [7, 11) is 0. The molecule has 1 atom stereocenters. The molecule has 0 saturated heterocycles. The Balaban J connectivity index is 2.89. The first-order valence-electron chi connectivity index (χ1n) is 6.24. The minimum absolute atomic E-state index is 0.115. The molecule has 4 N–H and O–H groups in total. The largest absolute Gasteiger partial charge is 0.368 e. The summed E-state index contributed by atoms with van der Waals surface area (Å²) in [4.78, 5) is 24.7. The molecule has 2 amide bonds. The Hall–Kier alpha value is -1.88. The monoisotopic (exact) mass is 263 g/mol. The zero-order chi connectivity index (χ0) is 14.6. The van der Waals surface area contributed by atoms with Gasteiger partial charge in [-0.1, -0.05) is 29.8 Å². The highest BCUT2D eigenvalue weighted by molar-refractivity contribution is 5.87. The van der Waals surface area contributed by atoms with Crippen molar-refractivity contribution >= 4 is 11.8 Å². The third kappa shape index (κ3) is 4.06. The summed E-state index contributed by atoms with van der Waals surface area (Å²) < 4.78 is 0. The topological polar surface area (TPSA) is 89.4 Å². The van der Waals surface area contributed by atoms with Crippen molar-refractivity contribution in [3.63, 3.8) is 0 Å². The zero-order valence-electron chi connectivity index (χ0n) is 11.6. The van der Waals surface area contributed by atoms with Crippen molar-refractivity contribution in [2.45, 2.75) is 32.9 Å². The van der Waals surface area contributed by atoms with Gasteiger partial charge in [0.05, 0.1) is 6.54 Å². The molecule has 1 aromatic carbocycles. The highest BCUT2D eigenvalue weighted by Crippen LogP contribution is 2.15. The number of hydrogen-bond acceptors (Lipinski definition) is 3. The normalized spacial score (nSPS) is 12.3. The van der Waals surface area contributed by atoms with Gasteiger partial charge in [0.25, 0.3) is 0 Å². The molecule has 0 spiro atoms. The number of aryl methyl sites for hydroxylation is 1. The number of carbonyl (C=O) groups excluding carboxylic acids is 2. The number of benzene rings is 1. The standard InChI is InChI=1S/C14H21N3O2/c1-9(2)17(8-12(15)18)14(19)13(16)11-6-4-10(3)5-7-11/h4-7,9,13H,8,16H2,1-3H3,(H2,15,18). The number of rotatable bonds is 5. The maximum Gasteiger partial charge on any atom is 0.244 e. The highest BCUT2D eigenvalue weighted by atomic mass is 16.2. The lowest BCUT2D eigenvalue weighted by atomic mass is 10.0. The fourth-order valence-corrected chi connectivity index (χ4v) is 1.78. The van der Waals surface area contributed by atoms with Crippen molar-refractivity contribution < 1.29 is 9.59 Å². The Morgan fingerprint density at radius 1 is 1.21 bits per heavy atom. The average Bonchev–Trinajstić information content (AvgIpc) is 2.34. The molecule has 0 aliphatic heterocycles. The number of nitrogens with zero attached hydrogens (tertiary/aromatic N) is 1. The van der Waals surface area contributed by atoms with E-state index in [1.807, 2.05) is 45.0 Å². The number of nitrogens with two attached hydrogens (primary N) is 2. The maximum absolute atomic E-state index is 12.3. The van der Waals surface area contributed by atoms with Gasteiger partial charge in [0.2, 0.25) is 11.8 Å². The molecule has 104 valence electrons. The predicted molar refractivity (Wildman–Crippen MR) is 74.2 cm³/mol. The molecule has 0 aromatic heterocycles. The molecule has 0 saturated carbocycles. The first kappa shape index (κ1) is 15.2. The third-order valence-corrected chi connectivity index (χ3v) is 2.94. The Kier molecular flexibility index (Phi) is 5.06. The van der Waals surface area contributed by atoms with E-state index in [4.69, 9.17) is 11.5 Å². The van der Waals surface area contributed by atoms with Crippen LogP contribution in [0.1, 0.15) is 31.0 Å². The van der Waals surface area contributed by atoms with Gasteiger partial charge in [0.1, 0.15) is 6.04 Å². The predicted octanol–water partition coefficient (Wildman–Crippen LogP) is 0.717. The molecular formula is C14H21N3O2. The van der Waals surface area contributed by atoms with Crippen LogP contribution in [-0.4, -0.2) is 29.3 Å². The molecule has 5 nitrogen and oxygen atoms in total. The minimum Gasteiger partial charge on any atom is -0.368 e. The average molecular weight is 263 g/mol. The highest BCUT2D eigenvalue weighted by Gasteiger charge is 2.25. The number of amides is 2. The Morgan fingerprint density at radius 3 is 2.16 bits per heavy atom. The summed E-state index contributed by atoms with van der Waals surface area (Å²) in [5, 5.41) is 0. The van der Waals surface area contributed by atoms with E-state index in [2.05, 4.69) is 0 Å². The summed E-state index contributed by atoms with van der Waals surface area (Å²) >= 11 is 0. The molecule has 5 heteroatoms. The molecule has 0 fully saturated rings. The molecule has 0 bridgehead atoms. The van der Waals surface area contributed by atoms with E-state index in [1.165, 1.54) is 4.90 Å². The Morgan fingerprint density at radius 2 is 1.74 bits per heavy atom. The molecule has 1 rings (SSSR count). The van der Waals surface area contributed by atoms with E-state index in [0.717, 1.165) is 11.1 Å². The van der Waals surface area contributed by atoms with E-state index in [0.29, 0.717) is 0 Å². The van der Waals surface area contributed by atoms with Crippen molar-refractivity contribution in [2.24, 2.45) is 11.5 Å². The fourth-order valence-electron chi connectivity index (χ4n) is 1.78. The van der Waals surface area contributed by atoms with E-state index >= 15 is 0 Å². The third-order valence-electron chi connectivity index (χ3n) is 2.94. The van der Waals surface area contributed by atoms with Crippen LogP contribution in [0.3, 0.4) is 0 Å². The van der Waals surface area contributed by atoms with Gasteiger partial charge in [0, 0.05) is 6.04 Å². The molecule has 1 unspecified atom stereocenters. The number of carbonyl (C=O) groups is 2. The number of primary amides is 1. The van der Waals surface area contributed by atoms with Crippen LogP contribution >= 0.6 is 0 Å². The van der Waals surface area contributed by atoms with Crippen LogP contribution in [0.4, 0.5) is 0 Å². The van der Waals surface area contributed by atoms with Gasteiger partial charge in [-0.25, -0.2) is 0 Å². The van der Waals surface area contributed by atoms with Crippen molar-refractivity contribution in [3.8, 4) is 0 Å². The molecule has 19 heavy (non-hydrogen) atoms. The van der Waals surface area contributed by atoms with Gasteiger partial charge in [-0.3, -0.25) is 9.59 Å². The van der Waals surface area contributed by atoms with E-state index in [9.17, 15) is 9.59 Å². The summed E-state index contributed by atoms with van der Waals surface area (Å²) in [5.74, 6) is -0.837. The molecule has 1 aromatic rings. The molecule has 0 heterocycles. The van der Waals surface area contributed by atoms with Crippen LogP contribution in [0.25, 0.3) is 0 Å². The van der Waals surface area contributed by atoms with Crippen LogP contribution in [0.2, 0.25) is 0 Å². The lowest BCUT2D eigenvalue weighted by molar-refractivity contribution is -0.138. The second-order valence-corrected chi connectivity index (χ2v) is 4.91. The lowest BCUT2D eigenvalue weighted by Crippen LogP contribution is -2.46. The number of hydrogen-bond donors (Lipinski definition) is 2. The Bertz CT molecular complexity index is 454. The van der Waals surface area contributed by atoms with Crippen LogP contribution in [0, 0.1) is 6.92 Å². The second-order valence-electron chi connectivity index (χ2n) is 4.91. The van der Waals surface area contributed by atoms with E-state index < -0.39 is 11.9 Å². The van der Waals surface area contributed by atoms with E-state index in [-0.39, 0.29) is 18.5 Å². The van der Waals surface area contributed by atoms with Gasteiger partial charge in [-0.2, -0.15) is 0 Å². The van der Waals surface area contributed by atoms with E-state index in [1.54, 1.807) is 0 Å². The zero-order valence-corrected chi connectivity index (χ0v) is 11.6. The summed E-state index contributed by atoms with van der Waals surface area (Å²) in [6.45, 7) is 5.49. The van der Waals surface area contributed by atoms with Crippen LogP contribution in [0.15, 0.2) is 24.3 Å². The van der Waals surface area contributed by atoms with Crippen molar-refractivity contribution in [1.29, 1.82) is 0 Å². The maximum atomic E-state index is 12.3. The van der Waals surface area contributed by atoms with Crippen molar-refractivity contribution in [2.75, 3.05) is 6.54 Å². The van der Waals surface area contributed by atoms with Gasteiger partial charge in [-0.15, -0.1) is 0 Å². The van der Waals surface area contributed by atoms with Crippen LogP contribution in [-0.2, 0) is 9.59 Å². The van der Waals surface area contributed by atoms with Gasteiger partial charge in [-0.05, 0) is 26.3 Å². The summed E-state index contributed by atoms with van der Waals surface area (Å²) in [5.41, 5.74) is 12.9. The summed E-state index contributed by atoms with van der Waals surface area (Å²) in [6.07, 6.45) is 0. The lowest BCUT2D eigenvalue weighted by Gasteiger charge is -2.28. The van der Waals surface area contributed by atoms with Crippen LogP contribution in [0.5, 0.6) is 0 Å². The van der Waals surface area contributed by atoms with Gasteiger partial charge >= 0.3 is 0 Å². The molecule has 0 radical (unpaired) electrons. The summed E-state index contributed by atoms with van der Waals surface area (Å²) in [6, 6.07) is 6.53. The Labute approximate surface area is 113 Å². The first-order valence-corrected chi connectivity index (χ1v) is 6.24. The van der Waals surface area contributed by atoms with Gasteiger partial charge in [0.15, 0.2) is 0 Å².